The minimum Gasteiger partial charge on any atom is -0.463 e. The lowest BCUT2D eigenvalue weighted by Gasteiger charge is -2.09. The fourth-order valence-corrected chi connectivity index (χ4v) is 4.33. The summed E-state index contributed by atoms with van der Waals surface area (Å²) in [7, 11) is 0. The van der Waals surface area contributed by atoms with Crippen molar-refractivity contribution in [1.82, 2.24) is 0 Å². The maximum absolute atomic E-state index is 12.3. The second-order valence-electron chi connectivity index (χ2n) is 6.07. The summed E-state index contributed by atoms with van der Waals surface area (Å²) in [6.45, 7) is 4.35. The smallest absolute Gasteiger partial charge is 0.341 e. The molecule has 0 fully saturated rings. The van der Waals surface area contributed by atoms with E-state index in [0.29, 0.717) is 17.2 Å². The number of nitrogens with two attached hydrogens (primary N) is 1. The minimum atomic E-state index is -0.342. The lowest BCUT2D eigenvalue weighted by molar-refractivity contribution is -0.684. The molecule has 6 nitrogen and oxygen atoms in total. The summed E-state index contributed by atoms with van der Waals surface area (Å²) < 4.78 is 10.5. The molecule has 0 saturated heterocycles. The second-order valence-corrected chi connectivity index (χ2v) is 7.18. The molecule has 0 radical (unpaired) electrons. The molecule has 0 aliphatic heterocycles. The number of amides is 1. The summed E-state index contributed by atoms with van der Waals surface area (Å²) in [5, 5.41) is 5.42. The van der Waals surface area contributed by atoms with Gasteiger partial charge in [-0.3, -0.25) is 4.79 Å². The van der Waals surface area contributed by atoms with E-state index in [2.05, 4.69) is 5.32 Å². The van der Waals surface area contributed by atoms with Crippen molar-refractivity contribution in [1.29, 1.82) is 0 Å². The SMILES string of the molecule is CCOC(=O)c1c(NC(=O)C[NH2+][C@H](C)c2ccco2)sc2c1CCC2. The van der Waals surface area contributed by atoms with Crippen LogP contribution in [0.5, 0.6) is 0 Å². The third-order valence-corrected chi connectivity index (χ3v) is 5.51. The number of quaternary nitrogens is 1. The lowest BCUT2D eigenvalue weighted by atomic mass is 10.1. The Bertz CT molecular complexity index is 751. The first-order valence-electron chi connectivity index (χ1n) is 8.58. The maximum Gasteiger partial charge on any atom is 0.341 e. The van der Waals surface area contributed by atoms with Crippen LogP contribution in [0.2, 0.25) is 0 Å². The number of thiophene rings is 1. The Kier molecular flexibility index (Phi) is 5.55. The van der Waals surface area contributed by atoms with Gasteiger partial charge in [0.1, 0.15) is 11.0 Å². The molecule has 2 aromatic rings. The van der Waals surface area contributed by atoms with E-state index in [9.17, 15) is 9.59 Å². The molecule has 0 aromatic carbocycles. The average molecular weight is 363 g/mol. The van der Waals surface area contributed by atoms with Crippen molar-refractivity contribution in [3.8, 4) is 0 Å². The van der Waals surface area contributed by atoms with E-state index in [0.717, 1.165) is 30.6 Å². The molecule has 7 heteroatoms. The van der Waals surface area contributed by atoms with Crippen molar-refractivity contribution in [3.63, 3.8) is 0 Å². The normalized spacial score (nSPS) is 14.2. The van der Waals surface area contributed by atoms with Crippen molar-refractivity contribution >= 4 is 28.2 Å². The Hall–Kier alpha value is -2.12. The molecule has 0 bridgehead atoms. The van der Waals surface area contributed by atoms with Gasteiger partial charge in [-0.15, -0.1) is 11.3 Å². The van der Waals surface area contributed by atoms with Crippen LogP contribution in [0.1, 0.15) is 52.9 Å². The van der Waals surface area contributed by atoms with Crippen molar-refractivity contribution < 1.29 is 24.1 Å². The van der Waals surface area contributed by atoms with E-state index in [1.807, 2.05) is 24.4 Å². The van der Waals surface area contributed by atoms with Crippen LogP contribution in [0.25, 0.3) is 0 Å². The maximum atomic E-state index is 12.3. The van der Waals surface area contributed by atoms with Crippen LogP contribution in [-0.2, 0) is 22.4 Å². The number of aryl methyl sites for hydroxylation is 1. The van der Waals surface area contributed by atoms with Crippen LogP contribution < -0.4 is 10.6 Å². The van der Waals surface area contributed by atoms with Gasteiger partial charge >= 0.3 is 5.97 Å². The largest absolute Gasteiger partial charge is 0.463 e. The van der Waals surface area contributed by atoms with E-state index >= 15 is 0 Å². The molecular weight excluding hydrogens is 340 g/mol. The molecule has 134 valence electrons. The summed E-state index contributed by atoms with van der Waals surface area (Å²) in [6.07, 6.45) is 4.51. The van der Waals surface area contributed by atoms with Gasteiger partial charge in [-0.1, -0.05) is 0 Å². The standard InChI is InChI=1S/C18H22N2O4S/c1-3-23-18(22)16-12-6-4-8-14(12)25-17(16)20-15(21)10-19-11(2)13-7-5-9-24-13/h5,7,9,11,19H,3-4,6,8,10H2,1-2H3,(H,20,21)/p+1/t11-/m1/s1. The highest BCUT2D eigenvalue weighted by atomic mass is 32.1. The summed E-state index contributed by atoms with van der Waals surface area (Å²) in [6, 6.07) is 3.78. The Labute approximate surface area is 150 Å². The van der Waals surface area contributed by atoms with Gasteiger partial charge in [0.05, 0.1) is 18.4 Å². The summed E-state index contributed by atoms with van der Waals surface area (Å²) in [5.74, 6) is 0.351. The van der Waals surface area contributed by atoms with E-state index in [1.54, 1.807) is 13.2 Å². The molecule has 3 N–H and O–H groups in total. The summed E-state index contributed by atoms with van der Waals surface area (Å²) in [5.41, 5.74) is 1.60. The van der Waals surface area contributed by atoms with Gasteiger partial charge in [0.25, 0.3) is 5.91 Å². The van der Waals surface area contributed by atoms with Gasteiger partial charge in [-0.25, -0.2) is 4.79 Å². The molecule has 1 aliphatic rings. The number of hydrogen-bond donors (Lipinski definition) is 2. The number of rotatable bonds is 7. The molecule has 1 amide bonds. The predicted octanol–water partition coefficient (Wildman–Crippen LogP) is 2.27. The quantitative estimate of drug-likeness (QED) is 0.739. The fourth-order valence-electron chi connectivity index (χ4n) is 3.04. The zero-order valence-corrected chi connectivity index (χ0v) is 15.3. The van der Waals surface area contributed by atoms with Crippen molar-refractivity contribution in [2.24, 2.45) is 0 Å². The van der Waals surface area contributed by atoms with E-state index in [-0.39, 0.29) is 24.5 Å². The van der Waals surface area contributed by atoms with E-state index < -0.39 is 0 Å². The van der Waals surface area contributed by atoms with Crippen LogP contribution in [0.3, 0.4) is 0 Å². The van der Waals surface area contributed by atoms with Crippen molar-refractivity contribution in [2.75, 3.05) is 18.5 Å². The van der Waals surface area contributed by atoms with Crippen LogP contribution in [0.15, 0.2) is 22.8 Å². The highest BCUT2D eigenvalue weighted by molar-refractivity contribution is 7.17. The first kappa shape index (κ1) is 17.7. The van der Waals surface area contributed by atoms with Crippen LogP contribution >= 0.6 is 11.3 Å². The molecular formula is C18H23N2O4S+. The Morgan fingerprint density at radius 2 is 2.28 bits per heavy atom. The predicted molar refractivity (Wildman–Crippen MR) is 94.8 cm³/mol. The number of hydrogen-bond acceptors (Lipinski definition) is 5. The van der Waals surface area contributed by atoms with Gasteiger partial charge in [0.15, 0.2) is 12.3 Å². The zero-order chi connectivity index (χ0) is 17.8. The van der Waals surface area contributed by atoms with Crippen LogP contribution in [-0.4, -0.2) is 25.0 Å². The molecule has 0 spiro atoms. The first-order chi connectivity index (χ1) is 12.1. The number of fused-ring (bicyclic) bond motifs is 1. The number of ether oxygens (including phenoxy) is 1. The monoisotopic (exact) mass is 363 g/mol. The number of esters is 1. The van der Waals surface area contributed by atoms with Gasteiger partial charge < -0.3 is 19.8 Å². The molecule has 25 heavy (non-hydrogen) atoms. The zero-order valence-electron chi connectivity index (χ0n) is 14.5. The Morgan fingerprint density at radius 3 is 3.00 bits per heavy atom. The van der Waals surface area contributed by atoms with E-state index in [4.69, 9.17) is 9.15 Å². The topological polar surface area (TPSA) is 85.1 Å². The number of nitrogens with one attached hydrogen (secondary N) is 1. The molecule has 2 aromatic heterocycles. The molecule has 1 aliphatic carbocycles. The number of furan rings is 1. The van der Waals surface area contributed by atoms with E-state index in [1.165, 1.54) is 16.2 Å². The first-order valence-corrected chi connectivity index (χ1v) is 9.40. The molecule has 2 heterocycles. The van der Waals surface area contributed by atoms with Gasteiger partial charge in [-0.2, -0.15) is 0 Å². The molecule has 3 rings (SSSR count). The minimum absolute atomic E-state index is 0.0543. The number of carbonyl (C=O) groups excluding carboxylic acids is 2. The molecule has 0 saturated carbocycles. The number of carbonyl (C=O) groups is 2. The van der Waals surface area contributed by atoms with Gasteiger partial charge in [0, 0.05) is 4.88 Å². The molecule has 1 atom stereocenters. The third kappa shape index (κ3) is 3.93. The highest BCUT2D eigenvalue weighted by Crippen LogP contribution is 2.39. The number of anilines is 1. The van der Waals surface area contributed by atoms with Crippen LogP contribution in [0.4, 0.5) is 5.00 Å². The average Bonchev–Trinajstić information content (AvgIpc) is 3.29. The molecule has 0 unspecified atom stereocenters. The van der Waals surface area contributed by atoms with Crippen molar-refractivity contribution in [2.45, 2.75) is 39.2 Å². The summed E-state index contributed by atoms with van der Waals surface area (Å²) >= 11 is 1.50. The third-order valence-electron chi connectivity index (χ3n) is 4.30. The Morgan fingerprint density at radius 1 is 1.44 bits per heavy atom. The van der Waals surface area contributed by atoms with Gasteiger partial charge in [0.2, 0.25) is 0 Å². The summed E-state index contributed by atoms with van der Waals surface area (Å²) in [4.78, 5) is 25.8. The van der Waals surface area contributed by atoms with Crippen molar-refractivity contribution in [3.05, 3.63) is 40.2 Å². The second kappa shape index (κ2) is 7.84. The fraction of sp³-hybridized carbons (Fsp3) is 0.444. The Balaban J connectivity index is 1.66. The van der Waals surface area contributed by atoms with Gasteiger partial charge in [-0.05, 0) is 50.8 Å². The van der Waals surface area contributed by atoms with Crippen LogP contribution in [0, 0.1) is 0 Å². The lowest BCUT2D eigenvalue weighted by Crippen LogP contribution is -2.86. The highest BCUT2D eigenvalue weighted by Gasteiger charge is 2.28.